The van der Waals surface area contributed by atoms with Crippen LogP contribution < -0.4 is 15.4 Å². The van der Waals surface area contributed by atoms with Gasteiger partial charge >= 0.3 is 0 Å². The number of nitrogens with one attached hydrogen (secondary N) is 2. The molecular weight excluding hydrogens is 338 g/mol. The molecule has 0 fully saturated rings. The highest BCUT2D eigenvalue weighted by atomic mass is 35.5. The van der Waals surface area contributed by atoms with Gasteiger partial charge in [0.25, 0.3) is 0 Å². The number of benzene rings is 2. The number of hydrogen-bond acceptors (Lipinski definition) is 6. The predicted octanol–water partition coefficient (Wildman–Crippen LogP) is 3.93. The standard InChI is InChI=1S/C18H18ClN5O/c1-25-16-7-5-15(6-8-16)22-17-12-21-24-18(23-17)20-10-9-13-3-2-4-14(19)11-13/h2-8,11-12H,9-10H2,1H3,(H2,20,22,23,24). The number of nitrogens with zero attached hydrogens (tertiary/aromatic N) is 3. The summed E-state index contributed by atoms with van der Waals surface area (Å²) in [5.41, 5.74) is 2.05. The Kier molecular flexibility index (Phi) is 5.64. The fraction of sp³-hybridized carbons (Fsp3) is 0.167. The Bertz CT molecular complexity index is 826. The molecule has 6 nitrogen and oxygen atoms in total. The van der Waals surface area contributed by atoms with Crippen molar-refractivity contribution in [1.29, 1.82) is 0 Å². The maximum Gasteiger partial charge on any atom is 0.244 e. The molecule has 0 aliphatic rings. The van der Waals surface area contributed by atoms with Gasteiger partial charge in [0.05, 0.1) is 13.3 Å². The van der Waals surface area contributed by atoms with Gasteiger partial charge in [0.15, 0.2) is 5.82 Å². The van der Waals surface area contributed by atoms with Gasteiger partial charge in [-0.25, -0.2) is 0 Å². The summed E-state index contributed by atoms with van der Waals surface area (Å²) in [6.45, 7) is 0.689. The Morgan fingerprint density at radius 3 is 2.72 bits per heavy atom. The van der Waals surface area contributed by atoms with Crippen molar-refractivity contribution in [3.05, 3.63) is 65.3 Å². The van der Waals surface area contributed by atoms with Crippen molar-refractivity contribution in [3.8, 4) is 5.75 Å². The molecule has 0 amide bonds. The quantitative estimate of drug-likeness (QED) is 0.669. The van der Waals surface area contributed by atoms with E-state index in [1.165, 1.54) is 0 Å². The number of rotatable bonds is 7. The van der Waals surface area contributed by atoms with Gasteiger partial charge in [-0.05, 0) is 48.4 Å². The molecule has 0 aliphatic heterocycles. The molecule has 0 aliphatic carbocycles. The molecule has 3 rings (SSSR count). The minimum absolute atomic E-state index is 0.473. The molecule has 1 aromatic heterocycles. The molecule has 7 heteroatoms. The summed E-state index contributed by atoms with van der Waals surface area (Å²) < 4.78 is 5.14. The van der Waals surface area contributed by atoms with E-state index in [0.717, 1.165) is 28.4 Å². The summed E-state index contributed by atoms with van der Waals surface area (Å²) in [6.07, 6.45) is 2.40. The average Bonchev–Trinajstić information content (AvgIpc) is 2.63. The molecule has 0 spiro atoms. The van der Waals surface area contributed by atoms with E-state index < -0.39 is 0 Å². The maximum absolute atomic E-state index is 5.99. The molecule has 0 atom stereocenters. The first-order valence-corrected chi connectivity index (χ1v) is 8.20. The average molecular weight is 356 g/mol. The highest BCUT2D eigenvalue weighted by molar-refractivity contribution is 6.30. The van der Waals surface area contributed by atoms with Crippen molar-refractivity contribution in [1.82, 2.24) is 15.2 Å². The van der Waals surface area contributed by atoms with Crippen LogP contribution in [0.4, 0.5) is 17.5 Å². The van der Waals surface area contributed by atoms with E-state index in [1.807, 2.05) is 48.5 Å². The lowest BCUT2D eigenvalue weighted by atomic mass is 10.1. The van der Waals surface area contributed by atoms with Crippen LogP contribution in [0.1, 0.15) is 5.56 Å². The first kappa shape index (κ1) is 17.0. The van der Waals surface area contributed by atoms with Crippen molar-refractivity contribution in [3.63, 3.8) is 0 Å². The highest BCUT2D eigenvalue weighted by Crippen LogP contribution is 2.18. The van der Waals surface area contributed by atoms with E-state index in [0.29, 0.717) is 18.3 Å². The van der Waals surface area contributed by atoms with Gasteiger partial charge in [-0.3, -0.25) is 0 Å². The lowest BCUT2D eigenvalue weighted by Crippen LogP contribution is -2.09. The second-order valence-corrected chi connectivity index (χ2v) is 5.76. The van der Waals surface area contributed by atoms with E-state index >= 15 is 0 Å². The first-order chi connectivity index (χ1) is 12.2. The van der Waals surface area contributed by atoms with Crippen LogP contribution in [0, 0.1) is 0 Å². The number of halogens is 1. The minimum Gasteiger partial charge on any atom is -0.497 e. The van der Waals surface area contributed by atoms with Crippen LogP contribution in [-0.2, 0) is 6.42 Å². The van der Waals surface area contributed by atoms with E-state index in [2.05, 4.69) is 25.8 Å². The molecule has 0 unspecified atom stereocenters. The third-order valence-electron chi connectivity index (χ3n) is 3.51. The molecule has 2 aromatic carbocycles. The van der Waals surface area contributed by atoms with Crippen molar-refractivity contribution in [2.24, 2.45) is 0 Å². The van der Waals surface area contributed by atoms with E-state index in [4.69, 9.17) is 16.3 Å². The number of ether oxygens (including phenoxy) is 1. The Morgan fingerprint density at radius 1 is 1.12 bits per heavy atom. The van der Waals surface area contributed by atoms with Crippen LogP contribution in [0.15, 0.2) is 54.7 Å². The van der Waals surface area contributed by atoms with Gasteiger partial charge in [-0.2, -0.15) is 10.1 Å². The van der Waals surface area contributed by atoms with Gasteiger partial charge in [0.1, 0.15) is 5.75 Å². The Balaban J connectivity index is 1.57. The monoisotopic (exact) mass is 355 g/mol. The molecule has 25 heavy (non-hydrogen) atoms. The second-order valence-electron chi connectivity index (χ2n) is 5.33. The lowest BCUT2D eigenvalue weighted by molar-refractivity contribution is 0.415. The van der Waals surface area contributed by atoms with Crippen molar-refractivity contribution < 1.29 is 4.74 Å². The topological polar surface area (TPSA) is 72.0 Å². The van der Waals surface area contributed by atoms with Crippen LogP contribution in [0.25, 0.3) is 0 Å². The third-order valence-corrected chi connectivity index (χ3v) is 3.74. The zero-order valence-corrected chi connectivity index (χ0v) is 14.5. The Hall–Kier alpha value is -2.86. The summed E-state index contributed by atoms with van der Waals surface area (Å²) in [5.74, 6) is 1.89. The van der Waals surface area contributed by atoms with Gasteiger partial charge in [0.2, 0.25) is 5.95 Å². The zero-order chi connectivity index (χ0) is 17.5. The summed E-state index contributed by atoms with van der Waals surface area (Å²) >= 11 is 5.99. The molecule has 0 saturated carbocycles. The molecular formula is C18H18ClN5O. The fourth-order valence-electron chi connectivity index (χ4n) is 2.27. The van der Waals surface area contributed by atoms with Crippen LogP contribution in [-0.4, -0.2) is 28.8 Å². The number of aromatic nitrogens is 3. The predicted molar refractivity (Wildman–Crippen MR) is 99.7 cm³/mol. The normalized spacial score (nSPS) is 10.3. The number of anilines is 3. The smallest absolute Gasteiger partial charge is 0.244 e. The first-order valence-electron chi connectivity index (χ1n) is 7.82. The molecule has 0 bridgehead atoms. The van der Waals surface area contributed by atoms with Gasteiger partial charge in [0, 0.05) is 17.3 Å². The number of hydrogen-bond donors (Lipinski definition) is 2. The number of methoxy groups -OCH3 is 1. The minimum atomic E-state index is 0.473. The van der Waals surface area contributed by atoms with E-state index in [1.54, 1.807) is 13.3 Å². The third kappa shape index (κ3) is 5.06. The molecule has 0 saturated heterocycles. The summed E-state index contributed by atoms with van der Waals surface area (Å²) in [4.78, 5) is 4.41. The van der Waals surface area contributed by atoms with Gasteiger partial charge in [-0.1, -0.05) is 23.7 Å². The molecule has 128 valence electrons. The summed E-state index contributed by atoms with van der Waals surface area (Å²) in [6, 6.07) is 15.4. The van der Waals surface area contributed by atoms with Crippen LogP contribution >= 0.6 is 11.6 Å². The zero-order valence-electron chi connectivity index (χ0n) is 13.7. The summed E-state index contributed by atoms with van der Waals surface area (Å²) in [5, 5.41) is 15.1. The maximum atomic E-state index is 5.99. The van der Waals surface area contributed by atoms with E-state index in [-0.39, 0.29) is 0 Å². The largest absolute Gasteiger partial charge is 0.497 e. The molecule has 2 N–H and O–H groups in total. The molecule has 1 heterocycles. The van der Waals surface area contributed by atoms with Crippen LogP contribution in [0.5, 0.6) is 5.75 Å². The summed E-state index contributed by atoms with van der Waals surface area (Å²) in [7, 11) is 1.64. The molecule has 0 radical (unpaired) electrons. The van der Waals surface area contributed by atoms with Crippen LogP contribution in [0.3, 0.4) is 0 Å². The van der Waals surface area contributed by atoms with E-state index in [9.17, 15) is 0 Å². The highest BCUT2D eigenvalue weighted by Gasteiger charge is 2.02. The van der Waals surface area contributed by atoms with Crippen molar-refractivity contribution in [2.45, 2.75) is 6.42 Å². The molecule has 3 aromatic rings. The van der Waals surface area contributed by atoms with Gasteiger partial charge < -0.3 is 15.4 Å². The lowest BCUT2D eigenvalue weighted by Gasteiger charge is -2.08. The Labute approximate surface area is 151 Å². The SMILES string of the molecule is COc1ccc(Nc2cnnc(NCCc3cccc(Cl)c3)n2)cc1. The Morgan fingerprint density at radius 2 is 1.96 bits per heavy atom. The van der Waals surface area contributed by atoms with Crippen molar-refractivity contribution in [2.75, 3.05) is 24.3 Å². The van der Waals surface area contributed by atoms with Gasteiger partial charge in [-0.15, -0.1) is 5.10 Å². The second kappa shape index (κ2) is 8.30. The van der Waals surface area contributed by atoms with Crippen LogP contribution in [0.2, 0.25) is 5.02 Å². The van der Waals surface area contributed by atoms with Crippen molar-refractivity contribution >= 4 is 29.1 Å². The fourth-order valence-corrected chi connectivity index (χ4v) is 2.48.